The van der Waals surface area contributed by atoms with Gasteiger partial charge in [0.1, 0.15) is 0 Å². The maximum atomic E-state index is 11.6. The average Bonchev–Trinajstić information content (AvgIpc) is 2.24. The number of carbonyl (C=O) groups is 1. The molecule has 1 amide bonds. The van der Waals surface area contributed by atoms with Crippen molar-refractivity contribution in [2.45, 2.75) is 0 Å². The van der Waals surface area contributed by atoms with Crippen LogP contribution in [0, 0.1) is 0 Å². The van der Waals surface area contributed by atoms with E-state index >= 15 is 0 Å². The molecular weight excluding hydrogens is 262 g/mol. The predicted molar refractivity (Wildman–Crippen MR) is 58.4 cm³/mol. The molecule has 0 N–H and O–H groups in total. The maximum absolute atomic E-state index is 11.6. The van der Waals surface area contributed by atoms with Gasteiger partial charge in [-0.15, -0.1) is 0 Å². The molecule has 4 nitrogen and oxygen atoms in total. The zero-order valence-corrected chi connectivity index (χ0v) is 10.2. The summed E-state index contributed by atoms with van der Waals surface area (Å²) in [6, 6.07) is 0. The highest BCUT2D eigenvalue weighted by Crippen LogP contribution is 2.31. The molecule has 1 heterocycles. The minimum Gasteiger partial charge on any atom is -0.274 e. The second kappa shape index (κ2) is 4.99. The Balaban J connectivity index is 3.16. The van der Waals surface area contributed by atoms with Gasteiger partial charge in [0, 0.05) is 13.2 Å². The zero-order chi connectivity index (χ0) is 11.6. The van der Waals surface area contributed by atoms with Crippen LogP contribution >= 0.6 is 34.8 Å². The fourth-order valence-electron chi connectivity index (χ4n) is 0.825. The minimum absolute atomic E-state index is 0.00424. The van der Waals surface area contributed by atoms with Crippen LogP contribution in [0.3, 0.4) is 0 Å². The van der Waals surface area contributed by atoms with Gasteiger partial charge in [-0.25, -0.2) is 10.0 Å². The van der Waals surface area contributed by atoms with Crippen LogP contribution in [0.25, 0.3) is 0 Å². The van der Waals surface area contributed by atoms with Gasteiger partial charge >= 0.3 is 0 Å². The van der Waals surface area contributed by atoms with Gasteiger partial charge in [0.2, 0.25) is 0 Å². The molecule has 0 aromatic carbocycles. The smallest absolute Gasteiger partial charge is 0.274 e. The van der Waals surface area contributed by atoms with E-state index in [1.807, 2.05) is 0 Å². The summed E-state index contributed by atoms with van der Waals surface area (Å²) in [6.45, 7) is 0. The predicted octanol–water partition coefficient (Wildman–Crippen LogP) is 2.68. The van der Waals surface area contributed by atoms with Crippen LogP contribution in [-0.4, -0.2) is 30.1 Å². The Hall–Kier alpha value is -0.550. The molecule has 0 bridgehead atoms. The molecule has 0 fully saturated rings. The lowest BCUT2D eigenvalue weighted by molar-refractivity contribution is -0.0760. The zero-order valence-electron chi connectivity index (χ0n) is 7.92. The summed E-state index contributed by atoms with van der Waals surface area (Å²) in [6.07, 6.45) is 1.26. The molecule has 82 valence electrons. The van der Waals surface area contributed by atoms with E-state index in [1.165, 1.54) is 20.4 Å². The highest BCUT2D eigenvalue weighted by Gasteiger charge is 2.20. The first kappa shape index (κ1) is 12.5. The van der Waals surface area contributed by atoms with Gasteiger partial charge < -0.3 is 0 Å². The lowest BCUT2D eigenvalue weighted by Gasteiger charge is -2.14. The van der Waals surface area contributed by atoms with Gasteiger partial charge in [-0.3, -0.25) is 9.63 Å². The molecule has 0 radical (unpaired) electrons. The molecule has 0 saturated heterocycles. The largest absolute Gasteiger partial charge is 0.297 e. The van der Waals surface area contributed by atoms with Crippen molar-refractivity contribution < 1.29 is 9.63 Å². The molecule has 1 aromatic heterocycles. The second-order valence-electron chi connectivity index (χ2n) is 2.57. The quantitative estimate of drug-likeness (QED) is 0.775. The Morgan fingerprint density at radius 1 is 1.40 bits per heavy atom. The number of hydrogen-bond acceptors (Lipinski definition) is 3. The van der Waals surface area contributed by atoms with Crippen molar-refractivity contribution in [1.82, 2.24) is 10.0 Å². The van der Waals surface area contributed by atoms with Gasteiger partial charge in [0.05, 0.1) is 22.2 Å². The summed E-state index contributed by atoms with van der Waals surface area (Å²) in [4.78, 5) is 20.1. The van der Waals surface area contributed by atoms with Crippen LogP contribution in [0.4, 0.5) is 0 Å². The van der Waals surface area contributed by atoms with E-state index in [0.29, 0.717) is 0 Å². The Bertz CT molecular complexity index is 398. The standard InChI is InChI=1S/C8H7Cl3N2O2/c1-13(15-2)8(14)7-6(11)5(10)4(9)3-12-7/h3H,1-2H3. The Morgan fingerprint density at radius 2 is 2.00 bits per heavy atom. The monoisotopic (exact) mass is 268 g/mol. The highest BCUT2D eigenvalue weighted by atomic mass is 35.5. The Morgan fingerprint density at radius 3 is 2.53 bits per heavy atom. The van der Waals surface area contributed by atoms with Crippen molar-refractivity contribution in [3.63, 3.8) is 0 Å². The molecule has 1 aromatic rings. The van der Waals surface area contributed by atoms with Gasteiger partial charge in [-0.1, -0.05) is 34.8 Å². The third-order valence-electron chi connectivity index (χ3n) is 1.68. The molecule has 1 rings (SSSR count). The molecule has 0 aliphatic rings. The third kappa shape index (κ3) is 2.52. The van der Waals surface area contributed by atoms with Crippen molar-refractivity contribution in [2.75, 3.05) is 14.2 Å². The summed E-state index contributed by atoms with van der Waals surface area (Å²) in [7, 11) is 2.78. The van der Waals surface area contributed by atoms with E-state index in [-0.39, 0.29) is 20.8 Å². The van der Waals surface area contributed by atoms with Gasteiger partial charge in [0.25, 0.3) is 5.91 Å². The first-order chi connectivity index (χ1) is 6.99. The van der Waals surface area contributed by atoms with E-state index < -0.39 is 5.91 Å². The maximum Gasteiger partial charge on any atom is 0.297 e. The fourth-order valence-corrected chi connectivity index (χ4v) is 1.39. The van der Waals surface area contributed by atoms with Crippen molar-refractivity contribution in [3.05, 3.63) is 27.0 Å². The van der Waals surface area contributed by atoms with Crippen molar-refractivity contribution in [1.29, 1.82) is 0 Å². The number of hydrogen-bond donors (Lipinski definition) is 0. The van der Waals surface area contributed by atoms with Crippen LogP contribution < -0.4 is 0 Å². The Labute approximate surface area is 102 Å². The molecule has 15 heavy (non-hydrogen) atoms. The number of rotatable bonds is 2. The first-order valence-corrected chi connectivity index (χ1v) is 4.94. The molecule has 0 atom stereocenters. The topological polar surface area (TPSA) is 42.4 Å². The van der Waals surface area contributed by atoms with E-state index in [9.17, 15) is 4.79 Å². The number of nitrogens with zero attached hydrogens (tertiary/aromatic N) is 2. The molecule has 0 aliphatic carbocycles. The van der Waals surface area contributed by atoms with E-state index in [4.69, 9.17) is 39.6 Å². The number of pyridine rings is 1. The third-order valence-corrected chi connectivity index (χ3v) is 2.92. The number of carbonyl (C=O) groups excluding carboxylic acids is 1. The molecule has 0 saturated carbocycles. The molecular formula is C8H7Cl3N2O2. The van der Waals surface area contributed by atoms with Crippen LogP contribution in [0.15, 0.2) is 6.20 Å². The number of aromatic nitrogens is 1. The van der Waals surface area contributed by atoms with Crippen LogP contribution in [-0.2, 0) is 4.84 Å². The lowest BCUT2D eigenvalue weighted by atomic mass is 10.3. The van der Waals surface area contributed by atoms with Crippen LogP contribution in [0.2, 0.25) is 15.1 Å². The summed E-state index contributed by atoms with van der Waals surface area (Å²) in [5.41, 5.74) is -0.00424. The van der Waals surface area contributed by atoms with Crippen LogP contribution in [0.1, 0.15) is 10.5 Å². The Kier molecular flexibility index (Phi) is 4.16. The van der Waals surface area contributed by atoms with E-state index in [1.54, 1.807) is 0 Å². The average molecular weight is 270 g/mol. The number of amides is 1. The van der Waals surface area contributed by atoms with E-state index in [0.717, 1.165) is 5.06 Å². The van der Waals surface area contributed by atoms with Gasteiger partial charge in [-0.2, -0.15) is 0 Å². The molecule has 0 spiro atoms. The summed E-state index contributed by atoms with van der Waals surface area (Å²) >= 11 is 17.2. The SMILES string of the molecule is CON(C)C(=O)c1ncc(Cl)c(Cl)c1Cl. The van der Waals surface area contributed by atoms with Crippen molar-refractivity contribution in [3.8, 4) is 0 Å². The molecule has 0 aliphatic heterocycles. The normalized spacial score (nSPS) is 10.2. The van der Waals surface area contributed by atoms with Gasteiger partial charge in [-0.05, 0) is 0 Å². The van der Waals surface area contributed by atoms with Crippen LogP contribution in [0.5, 0.6) is 0 Å². The minimum atomic E-state index is -0.499. The second-order valence-corrected chi connectivity index (χ2v) is 3.73. The van der Waals surface area contributed by atoms with Crippen molar-refractivity contribution in [2.24, 2.45) is 0 Å². The van der Waals surface area contributed by atoms with Crippen molar-refractivity contribution >= 4 is 40.7 Å². The molecule has 0 unspecified atom stereocenters. The van der Waals surface area contributed by atoms with Gasteiger partial charge in [0.15, 0.2) is 5.69 Å². The summed E-state index contributed by atoms with van der Waals surface area (Å²) < 4.78 is 0. The summed E-state index contributed by atoms with van der Waals surface area (Å²) in [5, 5.41) is 1.29. The fraction of sp³-hybridized carbons (Fsp3) is 0.250. The lowest BCUT2D eigenvalue weighted by Crippen LogP contribution is -2.26. The number of halogens is 3. The van der Waals surface area contributed by atoms with E-state index in [2.05, 4.69) is 4.98 Å². The first-order valence-electron chi connectivity index (χ1n) is 3.80. The highest BCUT2D eigenvalue weighted by molar-refractivity contribution is 6.48. The number of hydroxylamine groups is 2. The molecule has 7 heteroatoms. The summed E-state index contributed by atoms with van der Waals surface area (Å²) in [5.74, 6) is -0.499.